The molecule has 4 N–H and O–H groups in total. The van der Waals surface area contributed by atoms with E-state index in [1.165, 1.54) is 0 Å². The van der Waals surface area contributed by atoms with E-state index in [1.54, 1.807) is 5.59 Å². The number of nitrogens with one attached hydrogen (secondary N) is 2. The molecule has 60 valence electrons. The molecule has 0 radical (unpaired) electrons. The smallest absolute Gasteiger partial charge is 0.339 e. The molecule has 0 unspecified atom stereocenters. The first-order valence-corrected chi connectivity index (χ1v) is 3.21. The first-order chi connectivity index (χ1) is 4.81. The number of hydrogen-bond acceptors (Lipinski definition) is 4. The van der Waals surface area contributed by atoms with Crippen molar-refractivity contribution >= 4 is 6.09 Å². The number of unbranched alkanes of at least 4 members (excludes halogenated alkanes) is 1. The minimum absolute atomic E-state index is 0.545. The van der Waals surface area contributed by atoms with E-state index in [4.69, 9.17) is 5.84 Å². The Balaban J connectivity index is 3.05. The summed E-state index contributed by atoms with van der Waals surface area (Å²) in [5.41, 5.74) is 1.78. The molecule has 0 rings (SSSR count). The van der Waals surface area contributed by atoms with Crippen molar-refractivity contribution in [3.8, 4) is 0 Å². The van der Waals surface area contributed by atoms with Crippen molar-refractivity contribution < 1.29 is 9.63 Å². The second-order valence-electron chi connectivity index (χ2n) is 1.79. The number of hydrazine groups is 1. The van der Waals surface area contributed by atoms with Gasteiger partial charge in [0.15, 0.2) is 0 Å². The predicted molar refractivity (Wildman–Crippen MR) is 36.7 cm³/mol. The Bertz CT molecular complexity index is 96.9. The molecular weight excluding hydrogens is 134 g/mol. The third-order valence-corrected chi connectivity index (χ3v) is 0.951. The van der Waals surface area contributed by atoms with Crippen LogP contribution in [0.25, 0.3) is 0 Å². The van der Waals surface area contributed by atoms with Crippen LogP contribution in [0.3, 0.4) is 0 Å². The van der Waals surface area contributed by atoms with Gasteiger partial charge >= 0.3 is 6.09 Å². The molecule has 0 fully saturated rings. The topological polar surface area (TPSA) is 76.4 Å². The van der Waals surface area contributed by atoms with Crippen molar-refractivity contribution in [3.63, 3.8) is 0 Å². The van der Waals surface area contributed by atoms with E-state index < -0.39 is 6.09 Å². The molecule has 0 aromatic carbocycles. The monoisotopic (exact) mass is 147 g/mol. The third-order valence-electron chi connectivity index (χ3n) is 0.951. The van der Waals surface area contributed by atoms with Crippen molar-refractivity contribution in [2.75, 3.05) is 6.54 Å². The Labute approximate surface area is 59.8 Å². The highest BCUT2D eigenvalue weighted by molar-refractivity contribution is 5.66. The van der Waals surface area contributed by atoms with E-state index in [-0.39, 0.29) is 0 Å². The minimum atomic E-state index is -0.545. The van der Waals surface area contributed by atoms with Crippen LogP contribution in [-0.4, -0.2) is 12.6 Å². The number of nitrogens with two attached hydrogens (primary N) is 1. The van der Waals surface area contributed by atoms with Gasteiger partial charge in [0.25, 0.3) is 0 Å². The molecule has 0 atom stereocenters. The van der Waals surface area contributed by atoms with Crippen molar-refractivity contribution in [1.29, 1.82) is 0 Å². The molecule has 10 heavy (non-hydrogen) atoms. The number of amides is 1. The Kier molecular flexibility index (Phi) is 5.80. The van der Waals surface area contributed by atoms with E-state index in [0.717, 1.165) is 12.8 Å². The summed E-state index contributed by atoms with van der Waals surface area (Å²) in [5, 5.41) is 2.48. The molecule has 0 aromatic rings. The van der Waals surface area contributed by atoms with Crippen LogP contribution in [-0.2, 0) is 4.84 Å². The van der Waals surface area contributed by atoms with E-state index in [2.05, 4.69) is 10.2 Å². The summed E-state index contributed by atoms with van der Waals surface area (Å²) >= 11 is 0. The average Bonchev–Trinajstić information content (AvgIpc) is 1.89. The zero-order valence-corrected chi connectivity index (χ0v) is 6.02. The van der Waals surface area contributed by atoms with Gasteiger partial charge in [-0.3, -0.25) is 0 Å². The molecule has 5 heteroatoms. The van der Waals surface area contributed by atoms with Crippen molar-refractivity contribution in [2.24, 2.45) is 5.84 Å². The van der Waals surface area contributed by atoms with Crippen LogP contribution in [0.4, 0.5) is 4.79 Å². The van der Waals surface area contributed by atoms with Crippen molar-refractivity contribution in [2.45, 2.75) is 19.8 Å². The molecule has 0 aromatic heterocycles. The normalized spacial score (nSPS) is 9.00. The lowest BCUT2D eigenvalue weighted by Gasteiger charge is -2.02. The van der Waals surface area contributed by atoms with Crippen LogP contribution in [0, 0.1) is 0 Å². The maximum Gasteiger partial charge on any atom is 0.427 e. The third kappa shape index (κ3) is 5.33. The van der Waals surface area contributed by atoms with E-state index in [9.17, 15) is 4.79 Å². The molecule has 0 aliphatic rings. The van der Waals surface area contributed by atoms with Crippen LogP contribution < -0.4 is 16.7 Å². The minimum Gasteiger partial charge on any atom is -0.339 e. The molecule has 0 aliphatic carbocycles. The van der Waals surface area contributed by atoms with Crippen LogP contribution in [0.15, 0.2) is 0 Å². The van der Waals surface area contributed by atoms with Gasteiger partial charge in [0.05, 0.1) is 0 Å². The van der Waals surface area contributed by atoms with E-state index in [1.807, 2.05) is 6.92 Å². The van der Waals surface area contributed by atoms with Gasteiger partial charge in [-0.1, -0.05) is 18.9 Å². The van der Waals surface area contributed by atoms with Gasteiger partial charge in [0.2, 0.25) is 0 Å². The Hall–Kier alpha value is -0.810. The number of carbonyl (C=O) groups excluding carboxylic acids is 1. The molecular formula is C5H13N3O2. The molecule has 5 nitrogen and oxygen atoms in total. The summed E-state index contributed by atoms with van der Waals surface area (Å²) in [6.07, 6.45) is 1.44. The molecule has 1 amide bonds. The lowest BCUT2D eigenvalue weighted by molar-refractivity contribution is 0.0902. The number of hydrogen-bond donors (Lipinski definition) is 3. The average molecular weight is 147 g/mol. The summed E-state index contributed by atoms with van der Waals surface area (Å²) in [4.78, 5) is 14.6. The lowest BCUT2D eigenvalue weighted by Crippen LogP contribution is -2.34. The predicted octanol–water partition coefficient (Wildman–Crippen LogP) is -0.109. The molecule has 0 heterocycles. The molecule has 0 saturated carbocycles. The molecule has 0 saturated heterocycles. The summed E-state index contributed by atoms with van der Waals surface area (Å²) in [6, 6.07) is 0. The van der Waals surface area contributed by atoms with Crippen molar-refractivity contribution in [3.05, 3.63) is 0 Å². The van der Waals surface area contributed by atoms with Gasteiger partial charge in [0.1, 0.15) is 0 Å². The van der Waals surface area contributed by atoms with Gasteiger partial charge in [-0.25, -0.2) is 10.6 Å². The summed E-state index contributed by atoms with van der Waals surface area (Å²) in [5.74, 6) is 4.70. The first-order valence-electron chi connectivity index (χ1n) is 3.21. The van der Waals surface area contributed by atoms with Crippen LogP contribution in [0.2, 0.25) is 0 Å². The zero-order chi connectivity index (χ0) is 7.82. The van der Waals surface area contributed by atoms with Gasteiger partial charge in [-0.15, -0.1) is 0 Å². The van der Waals surface area contributed by atoms with Crippen LogP contribution >= 0.6 is 0 Å². The summed E-state index contributed by atoms with van der Waals surface area (Å²) in [7, 11) is 0. The SMILES string of the molecule is CCCCNC(=O)ONN. The Morgan fingerprint density at radius 2 is 2.40 bits per heavy atom. The van der Waals surface area contributed by atoms with Crippen LogP contribution in [0.5, 0.6) is 0 Å². The zero-order valence-electron chi connectivity index (χ0n) is 6.02. The quantitative estimate of drug-likeness (QED) is 0.294. The largest absolute Gasteiger partial charge is 0.427 e. The van der Waals surface area contributed by atoms with Gasteiger partial charge in [-0.2, -0.15) is 0 Å². The van der Waals surface area contributed by atoms with Crippen LogP contribution in [0.1, 0.15) is 19.8 Å². The van der Waals surface area contributed by atoms with E-state index >= 15 is 0 Å². The second-order valence-corrected chi connectivity index (χ2v) is 1.79. The van der Waals surface area contributed by atoms with Gasteiger partial charge < -0.3 is 10.2 Å². The standard InChI is InChI=1S/C5H13N3O2/c1-2-3-4-7-5(9)10-8-6/h8H,2-4,6H2,1H3,(H,7,9). The number of rotatable bonds is 4. The molecule has 0 aliphatic heterocycles. The van der Waals surface area contributed by atoms with Crippen molar-refractivity contribution in [1.82, 2.24) is 10.9 Å². The Morgan fingerprint density at radius 3 is 2.90 bits per heavy atom. The fourth-order valence-corrected chi connectivity index (χ4v) is 0.457. The highest BCUT2D eigenvalue weighted by Gasteiger charge is 1.96. The summed E-state index contributed by atoms with van der Waals surface area (Å²) < 4.78 is 0. The number of carbonyl (C=O) groups is 1. The highest BCUT2D eigenvalue weighted by atomic mass is 16.7. The Morgan fingerprint density at radius 1 is 1.70 bits per heavy atom. The van der Waals surface area contributed by atoms with Gasteiger partial charge in [-0.05, 0) is 6.42 Å². The maximum atomic E-state index is 10.4. The van der Waals surface area contributed by atoms with E-state index in [0.29, 0.717) is 6.54 Å². The molecule has 0 bridgehead atoms. The second kappa shape index (κ2) is 6.31. The first kappa shape index (κ1) is 9.19. The fourth-order valence-electron chi connectivity index (χ4n) is 0.457. The van der Waals surface area contributed by atoms with Gasteiger partial charge in [0, 0.05) is 6.54 Å². The summed E-state index contributed by atoms with van der Waals surface area (Å²) in [6.45, 7) is 2.66. The lowest BCUT2D eigenvalue weighted by atomic mass is 10.3. The molecule has 0 spiro atoms. The maximum absolute atomic E-state index is 10.4. The highest BCUT2D eigenvalue weighted by Crippen LogP contribution is 1.82. The fraction of sp³-hybridized carbons (Fsp3) is 0.800.